The molecule has 0 saturated carbocycles. The Bertz CT molecular complexity index is 859. The van der Waals surface area contributed by atoms with Crippen molar-refractivity contribution in [2.45, 2.75) is 11.8 Å². The van der Waals surface area contributed by atoms with Crippen LogP contribution in [0.15, 0.2) is 29.2 Å². The van der Waals surface area contributed by atoms with Crippen LogP contribution in [0.2, 0.25) is 5.02 Å². The average Bonchev–Trinajstić information content (AvgIpc) is 2.76. The molecule has 0 aliphatic carbocycles. The lowest BCUT2D eigenvalue weighted by molar-refractivity contribution is 0.102. The van der Waals surface area contributed by atoms with E-state index < -0.39 is 15.9 Å². The third-order valence-corrected chi connectivity index (χ3v) is 5.35. The number of hydrogen-bond donors (Lipinski definition) is 1. The van der Waals surface area contributed by atoms with E-state index >= 15 is 0 Å². The molecule has 0 aliphatic rings. The van der Waals surface area contributed by atoms with Crippen molar-refractivity contribution in [2.75, 3.05) is 19.4 Å². The second-order valence-electron chi connectivity index (χ2n) is 5.18. The molecule has 0 spiro atoms. The summed E-state index contributed by atoms with van der Waals surface area (Å²) in [5.74, 6) is -0.0155. The minimum atomic E-state index is -3.65. The monoisotopic (exact) mass is 356 g/mol. The van der Waals surface area contributed by atoms with Gasteiger partial charge in [0, 0.05) is 27.2 Å². The predicted octanol–water partition coefficient (Wildman–Crippen LogP) is 1.88. The standard InChI is InChI=1S/C14H17ClN4O3S/c1-9-7-13(19(4)17-9)16-14(20)11-8-10(5-6-12(11)15)23(21,22)18(2)3/h5-8H,1-4H3,(H,16,20). The summed E-state index contributed by atoms with van der Waals surface area (Å²) in [6.45, 7) is 1.80. The first-order valence-electron chi connectivity index (χ1n) is 6.67. The molecule has 0 fully saturated rings. The first-order valence-corrected chi connectivity index (χ1v) is 8.49. The largest absolute Gasteiger partial charge is 0.307 e. The molecule has 1 aromatic heterocycles. The van der Waals surface area contributed by atoms with Crippen molar-refractivity contribution in [2.24, 2.45) is 7.05 Å². The van der Waals surface area contributed by atoms with Gasteiger partial charge in [-0.05, 0) is 25.1 Å². The SMILES string of the molecule is Cc1cc(NC(=O)c2cc(S(=O)(=O)N(C)C)ccc2Cl)n(C)n1. The Morgan fingerprint density at radius 1 is 1.30 bits per heavy atom. The van der Waals surface area contributed by atoms with Crippen LogP contribution in [0.3, 0.4) is 0 Å². The van der Waals surface area contributed by atoms with E-state index in [4.69, 9.17) is 11.6 Å². The zero-order valence-electron chi connectivity index (χ0n) is 13.2. The van der Waals surface area contributed by atoms with Crippen LogP contribution in [0.1, 0.15) is 16.1 Å². The summed E-state index contributed by atoms with van der Waals surface area (Å²) in [7, 11) is 0.880. The molecule has 1 N–H and O–H groups in total. The summed E-state index contributed by atoms with van der Waals surface area (Å²) in [5.41, 5.74) is 0.825. The number of nitrogens with one attached hydrogen (secondary N) is 1. The Labute approximate surface area is 139 Å². The first kappa shape index (κ1) is 17.5. The number of sulfonamides is 1. The number of nitrogens with zero attached hydrogens (tertiary/aromatic N) is 3. The van der Waals surface area contributed by atoms with Crippen molar-refractivity contribution in [3.8, 4) is 0 Å². The first-order chi connectivity index (χ1) is 10.6. The van der Waals surface area contributed by atoms with Crippen molar-refractivity contribution in [3.05, 3.63) is 40.5 Å². The van der Waals surface area contributed by atoms with E-state index in [2.05, 4.69) is 10.4 Å². The number of amides is 1. The number of carbonyl (C=O) groups excluding carboxylic acids is 1. The van der Waals surface area contributed by atoms with E-state index in [0.717, 1.165) is 10.00 Å². The Morgan fingerprint density at radius 3 is 2.48 bits per heavy atom. The smallest absolute Gasteiger partial charge is 0.258 e. The summed E-state index contributed by atoms with van der Waals surface area (Å²) < 4.78 is 26.9. The van der Waals surface area contributed by atoms with Gasteiger partial charge >= 0.3 is 0 Å². The molecule has 2 rings (SSSR count). The van der Waals surface area contributed by atoms with Gasteiger partial charge in [0.25, 0.3) is 5.91 Å². The van der Waals surface area contributed by atoms with E-state index in [1.54, 1.807) is 20.0 Å². The zero-order chi connectivity index (χ0) is 17.4. The van der Waals surface area contributed by atoms with Crippen molar-refractivity contribution in [1.29, 1.82) is 0 Å². The Kier molecular flexibility index (Phi) is 4.79. The van der Waals surface area contributed by atoms with Gasteiger partial charge in [0.05, 0.1) is 21.2 Å². The van der Waals surface area contributed by atoms with Gasteiger partial charge in [-0.25, -0.2) is 12.7 Å². The molecule has 1 heterocycles. The van der Waals surface area contributed by atoms with Crippen molar-refractivity contribution < 1.29 is 13.2 Å². The molecule has 124 valence electrons. The summed E-state index contributed by atoms with van der Waals surface area (Å²) in [5, 5.41) is 6.96. The molecule has 0 aliphatic heterocycles. The van der Waals surface area contributed by atoms with Gasteiger partial charge in [-0.1, -0.05) is 11.6 Å². The summed E-state index contributed by atoms with van der Waals surface area (Å²) >= 11 is 6.04. The van der Waals surface area contributed by atoms with Crippen LogP contribution in [0.25, 0.3) is 0 Å². The number of benzene rings is 1. The van der Waals surface area contributed by atoms with Crippen molar-refractivity contribution in [1.82, 2.24) is 14.1 Å². The number of halogens is 1. The van der Waals surface area contributed by atoms with E-state index in [9.17, 15) is 13.2 Å². The van der Waals surface area contributed by atoms with E-state index in [1.165, 1.54) is 37.0 Å². The fraction of sp³-hybridized carbons (Fsp3) is 0.286. The van der Waals surface area contributed by atoms with Crippen LogP contribution >= 0.6 is 11.6 Å². The number of aryl methyl sites for hydroxylation is 2. The van der Waals surface area contributed by atoms with Gasteiger partial charge in [-0.15, -0.1) is 0 Å². The lowest BCUT2D eigenvalue weighted by atomic mass is 10.2. The molecule has 1 amide bonds. The molecule has 0 atom stereocenters. The summed E-state index contributed by atoms with van der Waals surface area (Å²) in [6, 6.07) is 5.71. The van der Waals surface area contributed by atoms with Gasteiger partial charge in [-0.2, -0.15) is 5.10 Å². The Morgan fingerprint density at radius 2 is 1.96 bits per heavy atom. The third kappa shape index (κ3) is 3.54. The molecular weight excluding hydrogens is 340 g/mol. The molecule has 0 saturated heterocycles. The van der Waals surface area contributed by atoms with Gasteiger partial charge in [0.15, 0.2) is 0 Å². The van der Waals surface area contributed by atoms with E-state index in [1.807, 2.05) is 0 Å². The molecule has 0 bridgehead atoms. The molecule has 0 unspecified atom stereocenters. The quantitative estimate of drug-likeness (QED) is 0.906. The lowest BCUT2D eigenvalue weighted by Gasteiger charge is -2.13. The van der Waals surface area contributed by atoms with Gasteiger partial charge in [-0.3, -0.25) is 9.48 Å². The minimum Gasteiger partial charge on any atom is -0.307 e. The molecule has 7 nitrogen and oxygen atoms in total. The maximum Gasteiger partial charge on any atom is 0.258 e. The normalized spacial score (nSPS) is 11.7. The molecule has 9 heteroatoms. The van der Waals surface area contributed by atoms with E-state index in [0.29, 0.717) is 5.82 Å². The number of hydrogen-bond acceptors (Lipinski definition) is 4. The number of rotatable bonds is 4. The average molecular weight is 357 g/mol. The van der Waals surface area contributed by atoms with Gasteiger partial charge in [0.1, 0.15) is 5.82 Å². The molecule has 23 heavy (non-hydrogen) atoms. The summed E-state index contributed by atoms with van der Waals surface area (Å²) in [6.07, 6.45) is 0. The summed E-state index contributed by atoms with van der Waals surface area (Å²) in [4.78, 5) is 12.4. The highest BCUT2D eigenvalue weighted by atomic mass is 35.5. The molecule has 2 aromatic rings. The van der Waals surface area contributed by atoms with Crippen LogP contribution in [0, 0.1) is 6.92 Å². The Hall–Kier alpha value is -1.90. The fourth-order valence-electron chi connectivity index (χ4n) is 1.96. The highest BCUT2D eigenvalue weighted by Gasteiger charge is 2.21. The van der Waals surface area contributed by atoms with Crippen LogP contribution in [-0.2, 0) is 17.1 Å². The zero-order valence-corrected chi connectivity index (χ0v) is 14.7. The third-order valence-electron chi connectivity index (χ3n) is 3.20. The fourth-order valence-corrected chi connectivity index (χ4v) is 3.09. The van der Waals surface area contributed by atoms with E-state index in [-0.39, 0.29) is 15.5 Å². The number of carbonyl (C=O) groups is 1. The highest BCUT2D eigenvalue weighted by molar-refractivity contribution is 7.89. The molecular formula is C14H17ClN4O3S. The second kappa shape index (κ2) is 6.31. The maximum atomic E-state index is 12.4. The van der Waals surface area contributed by atoms with Crippen LogP contribution in [0.5, 0.6) is 0 Å². The maximum absolute atomic E-state index is 12.4. The van der Waals surface area contributed by atoms with Gasteiger partial charge in [0.2, 0.25) is 10.0 Å². The molecule has 1 aromatic carbocycles. The van der Waals surface area contributed by atoms with Gasteiger partial charge < -0.3 is 5.32 Å². The van der Waals surface area contributed by atoms with Crippen molar-refractivity contribution >= 4 is 33.3 Å². The topological polar surface area (TPSA) is 84.3 Å². The Balaban J connectivity index is 2.39. The minimum absolute atomic E-state index is 0.00163. The molecule has 0 radical (unpaired) electrons. The van der Waals surface area contributed by atoms with Crippen LogP contribution in [-0.4, -0.2) is 42.5 Å². The second-order valence-corrected chi connectivity index (χ2v) is 7.74. The number of anilines is 1. The predicted molar refractivity (Wildman–Crippen MR) is 88.2 cm³/mol. The van der Waals surface area contributed by atoms with Crippen LogP contribution < -0.4 is 5.32 Å². The lowest BCUT2D eigenvalue weighted by Crippen LogP contribution is -2.23. The van der Waals surface area contributed by atoms with Crippen LogP contribution in [0.4, 0.5) is 5.82 Å². The number of aromatic nitrogens is 2. The highest BCUT2D eigenvalue weighted by Crippen LogP contribution is 2.23. The van der Waals surface area contributed by atoms with Crippen molar-refractivity contribution in [3.63, 3.8) is 0 Å².